The number of urea groups is 1. The van der Waals surface area contributed by atoms with Gasteiger partial charge in [0.05, 0.1) is 0 Å². The lowest BCUT2D eigenvalue weighted by molar-refractivity contribution is -0.137. The van der Waals surface area contributed by atoms with E-state index in [-0.39, 0.29) is 25.2 Å². The van der Waals surface area contributed by atoms with Gasteiger partial charge in [-0.05, 0) is 31.1 Å². The van der Waals surface area contributed by atoms with Crippen molar-refractivity contribution in [2.24, 2.45) is 11.8 Å². The summed E-state index contributed by atoms with van der Waals surface area (Å²) in [5.41, 5.74) is 0. The van der Waals surface area contributed by atoms with Gasteiger partial charge in [-0.15, -0.1) is 6.58 Å². The number of hydrogen-bond donors (Lipinski definition) is 2. The molecule has 0 aromatic carbocycles. The molecule has 1 aliphatic carbocycles. The largest absolute Gasteiger partial charge is 0.480 e. The molecule has 19 heavy (non-hydrogen) atoms. The van der Waals surface area contributed by atoms with Crippen LogP contribution in [-0.2, 0) is 4.79 Å². The Morgan fingerprint density at radius 1 is 1.37 bits per heavy atom. The van der Waals surface area contributed by atoms with Crippen molar-refractivity contribution in [3.05, 3.63) is 12.7 Å². The molecule has 5 nitrogen and oxygen atoms in total. The normalized spacial score (nSPS) is 26.5. The minimum absolute atomic E-state index is 0.153. The van der Waals surface area contributed by atoms with Crippen LogP contribution in [0.1, 0.15) is 33.1 Å². The minimum Gasteiger partial charge on any atom is -0.480 e. The van der Waals surface area contributed by atoms with Crippen molar-refractivity contribution >= 4 is 12.0 Å². The van der Waals surface area contributed by atoms with Crippen molar-refractivity contribution in [3.8, 4) is 0 Å². The Bertz CT molecular complexity index is 344. The van der Waals surface area contributed by atoms with E-state index in [1.165, 1.54) is 11.0 Å². The zero-order valence-electron chi connectivity index (χ0n) is 11.8. The number of carbonyl (C=O) groups excluding carboxylic acids is 1. The van der Waals surface area contributed by atoms with E-state index in [0.29, 0.717) is 11.8 Å². The van der Waals surface area contributed by atoms with Crippen LogP contribution in [0.3, 0.4) is 0 Å². The molecular weight excluding hydrogens is 244 g/mol. The van der Waals surface area contributed by atoms with Crippen LogP contribution in [0.15, 0.2) is 12.7 Å². The third kappa shape index (κ3) is 4.93. The molecule has 0 heterocycles. The van der Waals surface area contributed by atoms with Gasteiger partial charge in [-0.1, -0.05) is 19.9 Å². The number of nitrogens with one attached hydrogen (secondary N) is 1. The molecule has 3 atom stereocenters. The summed E-state index contributed by atoms with van der Waals surface area (Å²) in [6.45, 7) is 7.93. The molecule has 0 radical (unpaired) electrons. The molecular formula is C14H24N2O3. The quantitative estimate of drug-likeness (QED) is 0.750. The van der Waals surface area contributed by atoms with Gasteiger partial charge in [0.15, 0.2) is 0 Å². The summed E-state index contributed by atoms with van der Waals surface area (Å²) in [5, 5.41) is 11.7. The first-order valence-corrected chi connectivity index (χ1v) is 6.82. The van der Waals surface area contributed by atoms with Crippen LogP contribution >= 0.6 is 0 Å². The van der Waals surface area contributed by atoms with E-state index in [2.05, 4.69) is 25.7 Å². The first kappa shape index (κ1) is 15.5. The molecule has 1 saturated carbocycles. The molecule has 1 aliphatic rings. The fourth-order valence-electron chi connectivity index (χ4n) is 2.48. The van der Waals surface area contributed by atoms with Crippen molar-refractivity contribution in [3.63, 3.8) is 0 Å². The number of carboxylic acids is 1. The van der Waals surface area contributed by atoms with Gasteiger partial charge in [-0.25, -0.2) is 4.79 Å². The number of aliphatic carboxylic acids is 1. The zero-order valence-corrected chi connectivity index (χ0v) is 11.8. The Balaban J connectivity index is 2.51. The highest BCUT2D eigenvalue weighted by Gasteiger charge is 2.27. The van der Waals surface area contributed by atoms with Crippen LogP contribution in [0.4, 0.5) is 4.79 Å². The molecule has 3 unspecified atom stereocenters. The lowest BCUT2D eigenvalue weighted by Crippen LogP contribution is -2.48. The number of amides is 2. The van der Waals surface area contributed by atoms with Gasteiger partial charge in [0.2, 0.25) is 0 Å². The van der Waals surface area contributed by atoms with E-state index >= 15 is 0 Å². The van der Waals surface area contributed by atoms with Crippen molar-refractivity contribution in [1.29, 1.82) is 0 Å². The Morgan fingerprint density at radius 3 is 2.58 bits per heavy atom. The molecule has 1 rings (SSSR count). The Labute approximate surface area is 114 Å². The summed E-state index contributed by atoms with van der Waals surface area (Å²) in [7, 11) is 0. The van der Waals surface area contributed by atoms with E-state index in [4.69, 9.17) is 5.11 Å². The molecule has 0 spiro atoms. The summed E-state index contributed by atoms with van der Waals surface area (Å²) < 4.78 is 0. The highest BCUT2D eigenvalue weighted by molar-refractivity contribution is 5.80. The Hall–Kier alpha value is -1.52. The highest BCUT2D eigenvalue weighted by Crippen LogP contribution is 2.29. The molecule has 2 N–H and O–H groups in total. The number of carboxylic acid groups (broad SMARTS) is 1. The molecule has 2 amide bonds. The van der Waals surface area contributed by atoms with Crippen molar-refractivity contribution in [2.75, 3.05) is 13.1 Å². The van der Waals surface area contributed by atoms with Gasteiger partial charge in [-0.2, -0.15) is 0 Å². The molecule has 0 aromatic heterocycles. The first-order chi connectivity index (χ1) is 8.93. The van der Waals surface area contributed by atoms with Crippen LogP contribution in [-0.4, -0.2) is 41.1 Å². The van der Waals surface area contributed by atoms with Crippen LogP contribution in [0.5, 0.6) is 0 Å². The lowest BCUT2D eigenvalue weighted by Gasteiger charge is -2.33. The van der Waals surface area contributed by atoms with Gasteiger partial charge >= 0.3 is 12.0 Å². The van der Waals surface area contributed by atoms with Crippen molar-refractivity contribution in [1.82, 2.24) is 10.2 Å². The van der Waals surface area contributed by atoms with Crippen LogP contribution in [0.25, 0.3) is 0 Å². The molecule has 0 bridgehead atoms. The van der Waals surface area contributed by atoms with E-state index in [1.54, 1.807) is 0 Å². The van der Waals surface area contributed by atoms with E-state index in [9.17, 15) is 9.59 Å². The molecule has 108 valence electrons. The van der Waals surface area contributed by atoms with Gasteiger partial charge in [0, 0.05) is 12.6 Å². The third-order valence-corrected chi connectivity index (χ3v) is 3.89. The SMILES string of the molecule is C=CCN(CC(=O)O)C(=O)NC1CCC(C)C(C)C1. The summed E-state index contributed by atoms with van der Waals surface area (Å²) in [6.07, 6.45) is 4.56. The number of nitrogens with zero attached hydrogens (tertiary/aromatic N) is 1. The summed E-state index contributed by atoms with van der Waals surface area (Å²) >= 11 is 0. The van der Waals surface area contributed by atoms with E-state index in [1.807, 2.05) is 0 Å². The molecule has 1 fully saturated rings. The fraction of sp³-hybridized carbons (Fsp3) is 0.714. The zero-order chi connectivity index (χ0) is 14.4. The fourth-order valence-corrected chi connectivity index (χ4v) is 2.48. The maximum atomic E-state index is 12.0. The number of rotatable bonds is 5. The van der Waals surface area contributed by atoms with E-state index in [0.717, 1.165) is 19.3 Å². The van der Waals surface area contributed by atoms with Crippen molar-refractivity contribution in [2.45, 2.75) is 39.2 Å². The Kier molecular flexibility index (Phi) is 5.86. The highest BCUT2D eigenvalue weighted by atomic mass is 16.4. The topological polar surface area (TPSA) is 69.6 Å². The average molecular weight is 268 g/mol. The number of hydrogen-bond acceptors (Lipinski definition) is 2. The maximum Gasteiger partial charge on any atom is 0.323 e. The molecule has 5 heteroatoms. The summed E-state index contributed by atoms with van der Waals surface area (Å²) in [4.78, 5) is 24.0. The predicted octanol–water partition coefficient (Wildman–Crippen LogP) is 2.09. The maximum absolute atomic E-state index is 12.0. The Morgan fingerprint density at radius 2 is 2.05 bits per heavy atom. The van der Waals surface area contributed by atoms with E-state index < -0.39 is 5.97 Å². The minimum atomic E-state index is -1.01. The molecule has 0 aromatic rings. The smallest absolute Gasteiger partial charge is 0.323 e. The van der Waals surface area contributed by atoms with Gasteiger partial charge in [0.25, 0.3) is 0 Å². The third-order valence-electron chi connectivity index (χ3n) is 3.89. The first-order valence-electron chi connectivity index (χ1n) is 6.82. The molecule has 0 saturated heterocycles. The second-order valence-corrected chi connectivity index (χ2v) is 5.48. The summed E-state index contributed by atoms with van der Waals surface area (Å²) in [6, 6.07) is -0.158. The standard InChI is InChI=1S/C14H24N2O3/c1-4-7-16(9-13(17)18)14(19)15-12-6-5-10(2)11(3)8-12/h4,10-12H,1,5-9H2,2-3H3,(H,15,19)(H,17,18). The second kappa shape index (κ2) is 7.16. The lowest BCUT2D eigenvalue weighted by atomic mass is 9.79. The average Bonchev–Trinajstić information content (AvgIpc) is 2.33. The van der Waals surface area contributed by atoms with Gasteiger partial charge in [0.1, 0.15) is 6.54 Å². The van der Waals surface area contributed by atoms with Gasteiger partial charge in [-0.3, -0.25) is 4.79 Å². The second-order valence-electron chi connectivity index (χ2n) is 5.48. The monoisotopic (exact) mass is 268 g/mol. The number of carbonyl (C=O) groups is 2. The predicted molar refractivity (Wildman–Crippen MR) is 73.9 cm³/mol. The van der Waals surface area contributed by atoms with Crippen LogP contribution in [0.2, 0.25) is 0 Å². The van der Waals surface area contributed by atoms with Crippen molar-refractivity contribution < 1.29 is 14.7 Å². The summed E-state index contributed by atoms with van der Waals surface area (Å²) in [5.74, 6) is 0.269. The molecule has 0 aliphatic heterocycles. The van der Waals surface area contributed by atoms with Crippen LogP contribution in [0, 0.1) is 11.8 Å². The van der Waals surface area contributed by atoms with Gasteiger partial charge < -0.3 is 15.3 Å². The van der Waals surface area contributed by atoms with Crippen LogP contribution < -0.4 is 5.32 Å².